The first kappa shape index (κ1) is 17.9. The van der Waals surface area contributed by atoms with Gasteiger partial charge in [0.2, 0.25) is 15.9 Å². The average Bonchev–Trinajstić information content (AvgIpc) is 2.55. The maximum Gasteiger partial charge on any atom is 0.240 e. The van der Waals surface area contributed by atoms with E-state index >= 15 is 0 Å². The molecule has 1 aromatic rings. The lowest BCUT2D eigenvalue weighted by molar-refractivity contribution is -0.132. The van der Waals surface area contributed by atoms with Gasteiger partial charge in [-0.05, 0) is 37.0 Å². The monoisotopic (exact) mass is 340 g/mol. The number of sulfonamides is 1. The van der Waals surface area contributed by atoms with Gasteiger partial charge in [-0.15, -0.1) is 0 Å². The fourth-order valence-corrected chi connectivity index (χ4v) is 3.84. The number of hydrogen-bond donors (Lipinski definition) is 2. The van der Waals surface area contributed by atoms with E-state index in [-0.39, 0.29) is 11.4 Å². The third-order valence-corrected chi connectivity index (χ3v) is 5.76. The van der Waals surface area contributed by atoms with Crippen LogP contribution < -0.4 is 10.5 Å². The zero-order valence-corrected chi connectivity index (χ0v) is 14.2. The molecule has 3 N–H and O–H groups in total. The van der Waals surface area contributed by atoms with Crippen LogP contribution in [0.1, 0.15) is 31.7 Å². The van der Waals surface area contributed by atoms with Gasteiger partial charge in [-0.1, -0.05) is 25.5 Å². The van der Waals surface area contributed by atoms with E-state index in [4.69, 9.17) is 10.5 Å². The van der Waals surface area contributed by atoms with E-state index in [1.165, 1.54) is 0 Å². The van der Waals surface area contributed by atoms with Gasteiger partial charge in [0.15, 0.2) is 0 Å². The fraction of sp³-hybridized carbons (Fsp3) is 0.562. The van der Waals surface area contributed by atoms with Gasteiger partial charge < -0.3 is 10.5 Å². The quantitative estimate of drug-likeness (QED) is 0.779. The van der Waals surface area contributed by atoms with E-state index < -0.39 is 21.3 Å². The summed E-state index contributed by atoms with van der Waals surface area (Å²) in [6.07, 6.45) is 2.78. The van der Waals surface area contributed by atoms with Crippen LogP contribution in [-0.2, 0) is 26.0 Å². The minimum Gasteiger partial charge on any atom is -0.381 e. The fourth-order valence-electron chi connectivity index (χ4n) is 2.71. The SMILES string of the molecule is CCCc1ccc(S(=O)(=O)NCC2(C(N)=O)CCOCC2)cc1. The van der Waals surface area contributed by atoms with Crippen LogP contribution in [-0.4, -0.2) is 34.1 Å². The smallest absolute Gasteiger partial charge is 0.240 e. The molecule has 0 atom stereocenters. The summed E-state index contributed by atoms with van der Waals surface area (Å²) in [5, 5.41) is 0. The molecule has 1 fully saturated rings. The van der Waals surface area contributed by atoms with Crippen LogP contribution in [0.25, 0.3) is 0 Å². The summed E-state index contributed by atoms with van der Waals surface area (Å²) in [5.41, 5.74) is 5.73. The summed E-state index contributed by atoms with van der Waals surface area (Å²) in [6, 6.07) is 6.81. The van der Waals surface area contributed by atoms with Crippen molar-refractivity contribution in [2.75, 3.05) is 19.8 Å². The number of nitrogens with one attached hydrogen (secondary N) is 1. The zero-order valence-electron chi connectivity index (χ0n) is 13.4. The molecule has 0 radical (unpaired) electrons. The maximum atomic E-state index is 12.4. The molecule has 6 nitrogen and oxygen atoms in total. The second kappa shape index (κ2) is 7.42. The molecule has 0 bridgehead atoms. The van der Waals surface area contributed by atoms with Crippen LogP contribution in [0.2, 0.25) is 0 Å². The van der Waals surface area contributed by atoms with Gasteiger partial charge in [0.25, 0.3) is 0 Å². The molecule has 2 rings (SSSR count). The summed E-state index contributed by atoms with van der Waals surface area (Å²) in [5.74, 6) is -0.484. The molecule has 1 aromatic carbocycles. The standard InChI is InChI=1S/C16H24N2O4S/c1-2-3-13-4-6-14(7-5-13)23(20,21)18-12-16(15(17)19)8-10-22-11-9-16/h4-7,18H,2-3,8-12H2,1H3,(H2,17,19). The molecule has 23 heavy (non-hydrogen) atoms. The molecule has 0 aromatic heterocycles. The molecule has 0 aliphatic carbocycles. The third kappa shape index (κ3) is 4.31. The lowest BCUT2D eigenvalue weighted by Crippen LogP contribution is -2.49. The molecule has 1 amide bonds. The van der Waals surface area contributed by atoms with Crippen molar-refractivity contribution in [3.63, 3.8) is 0 Å². The van der Waals surface area contributed by atoms with Crippen LogP contribution >= 0.6 is 0 Å². The lowest BCUT2D eigenvalue weighted by Gasteiger charge is -2.34. The molecule has 128 valence electrons. The van der Waals surface area contributed by atoms with Crippen LogP contribution in [0.5, 0.6) is 0 Å². The number of carbonyl (C=O) groups is 1. The zero-order chi connectivity index (χ0) is 16.9. The Balaban J connectivity index is 2.09. The van der Waals surface area contributed by atoms with Crippen molar-refractivity contribution in [3.8, 4) is 0 Å². The van der Waals surface area contributed by atoms with E-state index in [9.17, 15) is 13.2 Å². The van der Waals surface area contributed by atoms with Crippen LogP contribution in [0, 0.1) is 5.41 Å². The number of amides is 1. The number of primary amides is 1. The van der Waals surface area contributed by atoms with E-state index in [1.54, 1.807) is 12.1 Å². The summed E-state index contributed by atoms with van der Waals surface area (Å²) in [7, 11) is -3.66. The topological polar surface area (TPSA) is 98.5 Å². The molecule has 1 aliphatic rings. The summed E-state index contributed by atoms with van der Waals surface area (Å²) >= 11 is 0. The van der Waals surface area contributed by atoms with Crippen molar-refractivity contribution in [1.82, 2.24) is 4.72 Å². The summed E-state index contributed by atoms with van der Waals surface area (Å²) in [4.78, 5) is 12.0. The van der Waals surface area contributed by atoms with Crippen LogP contribution in [0.3, 0.4) is 0 Å². The average molecular weight is 340 g/mol. The Kier molecular flexibility index (Phi) is 5.78. The molecular formula is C16H24N2O4S. The summed E-state index contributed by atoms with van der Waals surface area (Å²) < 4.78 is 32.6. The minimum atomic E-state index is -3.66. The molecule has 7 heteroatoms. The van der Waals surface area contributed by atoms with Gasteiger partial charge in [0.05, 0.1) is 10.3 Å². The predicted molar refractivity (Wildman–Crippen MR) is 87.3 cm³/mol. The van der Waals surface area contributed by atoms with Crippen molar-refractivity contribution in [2.24, 2.45) is 11.1 Å². The van der Waals surface area contributed by atoms with E-state index in [0.29, 0.717) is 26.1 Å². The van der Waals surface area contributed by atoms with Crippen molar-refractivity contribution in [2.45, 2.75) is 37.5 Å². The minimum absolute atomic E-state index is 0.00470. The highest BCUT2D eigenvalue weighted by atomic mass is 32.2. The lowest BCUT2D eigenvalue weighted by atomic mass is 9.80. The van der Waals surface area contributed by atoms with Gasteiger partial charge in [0.1, 0.15) is 0 Å². The largest absolute Gasteiger partial charge is 0.381 e. The van der Waals surface area contributed by atoms with Crippen molar-refractivity contribution in [1.29, 1.82) is 0 Å². The maximum absolute atomic E-state index is 12.4. The van der Waals surface area contributed by atoms with Crippen molar-refractivity contribution in [3.05, 3.63) is 29.8 Å². The molecule has 1 saturated heterocycles. The molecule has 0 saturated carbocycles. The Morgan fingerprint density at radius 2 is 1.87 bits per heavy atom. The highest BCUT2D eigenvalue weighted by molar-refractivity contribution is 7.89. The molecule has 1 aliphatic heterocycles. The van der Waals surface area contributed by atoms with E-state index in [2.05, 4.69) is 11.6 Å². The third-order valence-electron chi connectivity index (χ3n) is 4.35. The number of aryl methyl sites for hydroxylation is 1. The number of ether oxygens (including phenoxy) is 1. The van der Waals surface area contributed by atoms with Gasteiger partial charge in [-0.3, -0.25) is 4.79 Å². The molecule has 1 heterocycles. The van der Waals surface area contributed by atoms with Gasteiger partial charge in [0, 0.05) is 19.8 Å². The van der Waals surface area contributed by atoms with Crippen molar-refractivity contribution < 1.29 is 17.9 Å². The molecule has 0 unspecified atom stereocenters. The van der Waals surface area contributed by atoms with E-state index in [1.807, 2.05) is 12.1 Å². The Hall–Kier alpha value is -1.44. The normalized spacial score (nSPS) is 17.8. The number of nitrogens with two attached hydrogens (primary N) is 1. The highest BCUT2D eigenvalue weighted by Gasteiger charge is 2.39. The number of benzene rings is 1. The van der Waals surface area contributed by atoms with E-state index in [0.717, 1.165) is 18.4 Å². The Morgan fingerprint density at radius 3 is 2.39 bits per heavy atom. The first-order valence-corrected chi connectivity index (χ1v) is 9.34. The Bertz CT molecular complexity index is 635. The first-order chi connectivity index (χ1) is 10.9. The first-order valence-electron chi connectivity index (χ1n) is 7.86. The Morgan fingerprint density at radius 1 is 1.26 bits per heavy atom. The van der Waals surface area contributed by atoms with Gasteiger partial charge in [-0.2, -0.15) is 0 Å². The summed E-state index contributed by atoms with van der Waals surface area (Å²) in [6.45, 7) is 2.90. The number of hydrogen-bond acceptors (Lipinski definition) is 4. The van der Waals surface area contributed by atoms with Crippen LogP contribution in [0.4, 0.5) is 0 Å². The van der Waals surface area contributed by atoms with Gasteiger partial charge in [-0.25, -0.2) is 13.1 Å². The molecular weight excluding hydrogens is 316 g/mol. The molecule has 0 spiro atoms. The highest BCUT2D eigenvalue weighted by Crippen LogP contribution is 2.30. The second-order valence-electron chi connectivity index (χ2n) is 5.98. The number of rotatable bonds is 7. The van der Waals surface area contributed by atoms with Gasteiger partial charge >= 0.3 is 0 Å². The second-order valence-corrected chi connectivity index (χ2v) is 7.74. The Labute approximate surface area is 137 Å². The number of carbonyl (C=O) groups excluding carboxylic acids is 1. The van der Waals surface area contributed by atoms with Crippen LogP contribution in [0.15, 0.2) is 29.2 Å². The van der Waals surface area contributed by atoms with Crippen molar-refractivity contribution >= 4 is 15.9 Å². The predicted octanol–water partition coefficient (Wildman–Crippen LogP) is 1.20.